The summed E-state index contributed by atoms with van der Waals surface area (Å²) in [7, 11) is 0. The van der Waals surface area contributed by atoms with Crippen molar-refractivity contribution in [1.29, 1.82) is 0 Å². The van der Waals surface area contributed by atoms with Crippen molar-refractivity contribution in [3.05, 3.63) is 29.8 Å². The number of hydrogen-bond acceptors (Lipinski definition) is 6. The zero-order valence-corrected chi connectivity index (χ0v) is 21.9. The minimum Gasteiger partial charge on any atom is -0.508 e. The van der Waals surface area contributed by atoms with Crippen molar-refractivity contribution < 1.29 is 24.2 Å². The summed E-state index contributed by atoms with van der Waals surface area (Å²) in [4.78, 5) is 41.6. The number of nitrogens with zero attached hydrogens (tertiary/aromatic N) is 1. The molecule has 2 aliphatic rings. The zero-order chi connectivity index (χ0) is 25.6. The Kier molecular flexibility index (Phi) is 9.33. The lowest BCUT2D eigenvalue weighted by molar-refractivity contribution is -0.147. The van der Waals surface area contributed by atoms with Gasteiger partial charge in [0.05, 0.1) is 0 Å². The number of nitrogens with one attached hydrogen (secondary N) is 2. The zero-order valence-electron chi connectivity index (χ0n) is 21.0. The summed E-state index contributed by atoms with van der Waals surface area (Å²) >= 11 is 4.33. The van der Waals surface area contributed by atoms with E-state index in [1.165, 1.54) is 18.6 Å². The van der Waals surface area contributed by atoms with Crippen LogP contribution in [0.5, 0.6) is 5.75 Å². The van der Waals surface area contributed by atoms with E-state index in [2.05, 4.69) is 23.3 Å². The number of ether oxygens (including phenoxy) is 1. The summed E-state index contributed by atoms with van der Waals surface area (Å²) < 4.78 is 5.35. The number of rotatable bonds is 8. The molecule has 2 saturated carbocycles. The van der Waals surface area contributed by atoms with Crippen LogP contribution >= 0.6 is 12.6 Å². The minimum atomic E-state index is -0.948. The minimum absolute atomic E-state index is 0.0633. The summed E-state index contributed by atoms with van der Waals surface area (Å²) in [6.07, 6.45) is 6.98. The van der Waals surface area contributed by atoms with Gasteiger partial charge in [-0.05, 0) is 70.6 Å². The van der Waals surface area contributed by atoms with Crippen molar-refractivity contribution >= 4 is 30.5 Å². The molecule has 9 heteroatoms. The maximum atomic E-state index is 13.9. The van der Waals surface area contributed by atoms with Crippen molar-refractivity contribution in [2.24, 2.45) is 0 Å². The summed E-state index contributed by atoms with van der Waals surface area (Å²) in [5.41, 5.74) is -0.0947. The second-order valence-electron chi connectivity index (χ2n) is 10.5. The van der Waals surface area contributed by atoms with Crippen LogP contribution in [-0.4, -0.2) is 57.4 Å². The molecule has 8 nitrogen and oxygen atoms in total. The van der Waals surface area contributed by atoms with Crippen LogP contribution < -0.4 is 10.6 Å². The molecule has 0 aliphatic heterocycles. The van der Waals surface area contributed by atoms with Crippen LogP contribution in [0.2, 0.25) is 0 Å². The van der Waals surface area contributed by atoms with Crippen LogP contribution in [0, 0.1) is 0 Å². The highest BCUT2D eigenvalue weighted by Gasteiger charge is 2.42. The van der Waals surface area contributed by atoms with Gasteiger partial charge in [-0.1, -0.05) is 31.4 Å². The second kappa shape index (κ2) is 12.0. The molecule has 3 rings (SSSR count). The summed E-state index contributed by atoms with van der Waals surface area (Å²) in [5, 5.41) is 15.6. The van der Waals surface area contributed by atoms with E-state index < -0.39 is 23.8 Å². The van der Waals surface area contributed by atoms with Gasteiger partial charge in [0.25, 0.3) is 0 Å². The van der Waals surface area contributed by atoms with Crippen molar-refractivity contribution in [3.63, 3.8) is 0 Å². The molecule has 3 N–H and O–H groups in total. The predicted molar refractivity (Wildman–Crippen MR) is 137 cm³/mol. The first-order chi connectivity index (χ1) is 16.6. The summed E-state index contributed by atoms with van der Waals surface area (Å²) in [5.74, 6) is -0.458. The number of hydrogen-bond donors (Lipinski definition) is 4. The topological polar surface area (TPSA) is 108 Å². The van der Waals surface area contributed by atoms with E-state index in [0.717, 1.165) is 44.9 Å². The van der Waals surface area contributed by atoms with Crippen LogP contribution in [0.15, 0.2) is 24.3 Å². The smallest absolute Gasteiger partial charge is 0.408 e. The first-order valence-corrected chi connectivity index (χ1v) is 13.2. The average Bonchev–Trinajstić information content (AvgIpc) is 2.76. The van der Waals surface area contributed by atoms with Crippen molar-refractivity contribution in [3.8, 4) is 5.75 Å². The number of carbonyl (C=O) groups is 3. The third kappa shape index (κ3) is 7.53. The molecular weight excluding hydrogens is 466 g/mol. The Bertz CT molecular complexity index is 876. The molecule has 0 bridgehead atoms. The van der Waals surface area contributed by atoms with Crippen LogP contribution in [0.3, 0.4) is 0 Å². The Labute approximate surface area is 213 Å². The number of phenolic OH excluding ortho intramolecular Hbond substituents is 1. The summed E-state index contributed by atoms with van der Waals surface area (Å²) in [6, 6.07) is 4.53. The van der Waals surface area contributed by atoms with Gasteiger partial charge in [0.2, 0.25) is 11.8 Å². The van der Waals surface area contributed by atoms with Crippen LogP contribution in [0.1, 0.15) is 83.7 Å². The van der Waals surface area contributed by atoms with Gasteiger partial charge in [-0.25, -0.2) is 4.79 Å². The maximum Gasteiger partial charge on any atom is 0.408 e. The molecule has 194 valence electrons. The summed E-state index contributed by atoms with van der Waals surface area (Å²) in [6.45, 7) is 5.25. The first kappa shape index (κ1) is 27.2. The molecular formula is C26H39N3O5S. The molecule has 0 saturated heterocycles. The van der Waals surface area contributed by atoms with Gasteiger partial charge < -0.3 is 25.4 Å². The van der Waals surface area contributed by atoms with Crippen LogP contribution in [-0.2, 0) is 14.3 Å². The molecule has 0 heterocycles. The number of aromatic hydroxyl groups is 1. The number of thiol groups is 1. The fraction of sp³-hybridized carbons (Fsp3) is 0.654. The van der Waals surface area contributed by atoms with Gasteiger partial charge in [-0.3, -0.25) is 9.59 Å². The van der Waals surface area contributed by atoms with E-state index in [0.29, 0.717) is 5.56 Å². The standard InChI is InChI=1S/C26H39N3O5S/c1-26(2,3)34-25(33)28-21(16-35)24(32)29(19-10-7-11-19)22(17-12-14-20(30)15-13-17)23(31)27-18-8-5-4-6-9-18/h12-15,18-19,21-22,30,35H,4-11,16H2,1-3H3,(H,27,31)(H,28,33). The quantitative estimate of drug-likeness (QED) is 0.398. The van der Waals surface area contributed by atoms with Crippen molar-refractivity contribution in [1.82, 2.24) is 15.5 Å². The number of benzene rings is 1. The van der Waals surface area contributed by atoms with Gasteiger partial charge in [-0.15, -0.1) is 0 Å². The third-order valence-corrected chi connectivity index (χ3v) is 6.95. The van der Waals surface area contributed by atoms with Gasteiger partial charge in [0, 0.05) is 17.8 Å². The number of carbonyl (C=O) groups excluding carboxylic acids is 3. The molecule has 0 spiro atoms. The van der Waals surface area contributed by atoms with E-state index in [-0.39, 0.29) is 35.4 Å². The highest BCUT2D eigenvalue weighted by molar-refractivity contribution is 7.80. The maximum absolute atomic E-state index is 13.9. The van der Waals surface area contributed by atoms with Crippen molar-refractivity contribution in [2.75, 3.05) is 5.75 Å². The molecule has 1 aromatic carbocycles. The lowest BCUT2D eigenvalue weighted by Crippen LogP contribution is -2.58. The molecule has 1 aromatic rings. The number of amides is 3. The van der Waals surface area contributed by atoms with Gasteiger partial charge in [0.15, 0.2) is 0 Å². The Morgan fingerprint density at radius 1 is 1.06 bits per heavy atom. The molecule has 2 aliphatic carbocycles. The molecule has 35 heavy (non-hydrogen) atoms. The Morgan fingerprint density at radius 3 is 2.20 bits per heavy atom. The van der Waals surface area contributed by atoms with Gasteiger partial charge in [0.1, 0.15) is 23.4 Å². The monoisotopic (exact) mass is 505 g/mol. The highest BCUT2D eigenvalue weighted by Crippen LogP contribution is 2.34. The SMILES string of the molecule is CC(C)(C)OC(=O)NC(CS)C(=O)N(C1CCC1)C(C(=O)NC1CCCCC1)c1ccc(O)cc1. The predicted octanol–water partition coefficient (Wildman–Crippen LogP) is 4.09. The average molecular weight is 506 g/mol. The molecule has 2 atom stereocenters. The molecule has 2 fully saturated rings. The molecule has 3 amide bonds. The largest absolute Gasteiger partial charge is 0.508 e. The van der Waals surface area contributed by atoms with Gasteiger partial charge >= 0.3 is 6.09 Å². The fourth-order valence-corrected chi connectivity index (χ4v) is 4.87. The highest BCUT2D eigenvalue weighted by atomic mass is 32.1. The number of phenols is 1. The Morgan fingerprint density at radius 2 is 1.69 bits per heavy atom. The fourth-order valence-electron chi connectivity index (χ4n) is 4.62. The van der Waals surface area contributed by atoms with E-state index >= 15 is 0 Å². The van der Waals surface area contributed by atoms with E-state index in [1.807, 2.05) is 0 Å². The molecule has 0 aromatic heterocycles. The normalized spacial score (nSPS) is 18.6. The molecule has 0 radical (unpaired) electrons. The Balaban J connectivity index is 1.90. The lowest BCUT2D eigenvalue weighted by atomic mass is 9.87. The lowest BCUT2D eigenvalue weighted by Gasteiger charge is -2.44. The van der Waals surface area contributed by atoms with Crippen LogP contribution in [0.4, 0.5) is 4.79 Å². The number of alkyl carbamates (subject to hydrolysis) is 1. The Hall–Kier alpha value is -2.42. The van der Waals surface area contributed by atoms with E-state index in [4.69, 9.17) is 4.74 Å². The van der Waals surface area contributed by atoms with Crippen LogP contribution in [0.25, 0.3) is 0 Å². The second-order valence-corrected chi connectivity index (χ2v) is 10.9. The third-order valence-electron chi connectivity index (χ3n) is 6.58. The first-order valence-electron chi connectivity index (χ1n) is 12.6. The van der Waals surface area contributed by atoms with Gasteiger partial charge in [-0.2, -0.15) is 12.6 Å². The van der Waals surface area contributed by atoms with Crippen molar-refractivity contribution in [2.45, 2.75) is 102 Å². The molecule has 2 unspecified atom stereocenters. The van der Waals surface area contributed by atoms with E-state index in [1.54, 1.807) is 37.8 Å². The van der Waals surface area contributed by atoms with E-state index in [9.17, 15) is 19.5 Å².